The van der Waals surface area contributed by atoms with Gasteiger partial charge in [0.25, 0.3) is 0 Å². The molecule has 2 nitrogen and oxygen atoms in total. The van der Waals surface area contributed by atoms with Crippen LogP contribution in [0.15, 0.2) is 138 Å². The van der Waals surface area contributed by atoms with Crippen molar-refractivity contribution in [3.8, 4) is 27.9 Å². The van der Waals surface area contributed by atoms with Gasteiger partial charge in [-0.25, -0.2) is 0 Å². The van der Waals surface area contributed by atoms with Crippen molar-refractivity contribution in [2.24, 2.45) is 0 Å². The Bertz CT molecular complexity index is 2190. The van der Waals surface area contributed by atoms with Gasteiger partial charge in [-0.2, -0.15) is 0 Å². The Morgan fingerprint density at radius 2 is 1.10 bits per heavy atom. The maximum Gasteiger partial charge on any atom is 0.137 e. The first-order chi connectivity index (χ1) is 19.2. The van der Waals surface area contributed by atoms with Gasteiger partial charge in [-0.05, 0) is 71.6 Å². The number of hydrogen-bond donors (Lipinski definition) is 0. The molecule has 0 fully saturated rings. The highest BCUT2D eigenvalue weighted by Crippen LogP contribution is 2.37. The van der Waals surface area contributed by atoms with E-state index in [1.807, 2.05) is 12.1 Å². The highest BCUT2D eigenvalue weighted by molar-refractivity contribution is 6.11. The van der Waals surface area contributed by atoms with Crippen molar-refractivity contribution in [2.45, 2.75) is 6.92 Å². The Morgan fingerprint density at radius 3 is 1.95 bits per heavy atom. The van der Waals surface area contributed by atoms with Crippen LogP contribution in [0, 0.1) is 6.92 Å². The maximum absolute atomic E-state index is 6.23. The maximum atomic E-state index is 6.23. The van der Waals surface area contributed by atoms with Gasteiger partial charge in [-0.1, -0.05) is 90.5 Å². The lowest BCUT2D eigenvalue weighted by Crippen LogP contribution is -1.93. The van der Waals surface area contributed by atoms with E-state index in [1.165, 1.54) is 49.6 Å². The number of fused-ring (bicyclic) bond motifs is 6. The molecular weight excluding hydrogens is 474 g/mol. The lowest BCUT2D eigenvalue weighted by Gasteiger charge is -2.09. The Labute approximate surface area is 226 Å². The van der Waals surface area contributed by atoms with Gasteiger partial charge in [0.15, 0.2) is 0 Å². The van der Waals surface area contributed by atoms with E-state index in [0.29, 0.717) is 0 Å². The minimum absolute atomic E-state index is 0.907. The van der Waals surface area contributed by atoms with Gasteiger partial charge < -0.3 is 8.98 Å². The molecule has 184 valence electrons. The molecular formula is C37H25NO. The molecule has 0 aliphatic rings. The van der Waals surface area contributed by atoms with E-state index in [9.17, 15) is 0 Å². The second-order valence-corrected chi connectivity index (χ2v) is 10.3. The molecule has 39 heavy (non-hydrogen) atoms. The summed E-state index contributed by atoms with van der Waals surface area (Å²) in [6.45, 7) is 2.14. The highest BCUT2D eigenvalue weighted by Gasteiger charge is 2.15. The standard InChI is InChI=1S/C37H25NO/c1-24-8-6-9-25(20-24)26-10-7-11-27(21-26)28-16-19-35-33(22-28)30-12-2-4-14-34(30)38(35)29-17-18-32-31-13-3-5-15-36(31)39-37(32)23-29/h2-23H,1H3. The second-order valence-electron chi connectivity index (χ2n) is 10.3. The van der Waals surface area contributed by atoms with Crippen LogP contribution in [0.3, 0.4) is 0 Å². The predicted molar refractivity (Wildman–Crippen MR) is 164 cm³/mol. The van der Waals surface area contributed by atoms with Crippen LogP contribution in [0.2, 0.25) is 0 Å². The summed E-state index contributed by atoms with van der Waals surface area (Å²) in [5.41, 5.74) is 11.5. The van der Waals surface area contributed by atoms with Crippen molar-refractivity contribution in [1.82, 2.24) is 4.57 Å². The van der Waals surface area contributed by atoms with Crippen LogP contribution >= 0.6 is 0 Å². The molecule has 0 aliphatic carbocycles. The van der Waals surface area contributed by atoms with Gasteiger partial charge in [0.1, 0.15) is 11.2 Å². The Kier molecular flexibility index (Phi) is 4.77. The molecule has 0 unspecified atom stereocenters. The van der Waals surface area contributed by atoms with Gasteiger partial charge in [0.05, 0.1) is 11.0 Å². The van der Waals surface area contributed by atoms with E-state index in [-0.39, 0.29) is 0 Å². The van der Waals surface area contributed by atoms with Gasteiger partial charge >= 0.3 is 0 Å². The molecule has 0 atom stereocenters. The van der Waals surface area contributed by atoms with Crippen LogP contribution in [0.5, 0.6) is 0 Å². The van der Waals surface area contributed by atoms with Gasteiger partial charge in [0.2, 0.25) is 0 Å². The van der Waals surface area contributed by atoms with Gasteiger partial charge in [0, 0.05) is 33.3 Å². The summed E-state index contributed by atoms with van der Waals surface area (Å²) in [6, 6.07) is 47.8. The van der Waals surface area contributed by atoms with Crippen molar-refractivity contribution in [1.29, 1.82) is 0 Å². The number of furan rings is 1. The second kappa shape index (κ2) is 8.47. The minimum Gasteiger partial charge on any atom is -0.456 e. The first kappa shape index (κ1) is 22.0. The van der Waals surface area contributed by atoms with E-state index >= 15 is 0 Å². The summed E-state index contributed by atoms with van der Waals surface area (Å²) < 4.78 is 8.59. The SMILES string of the molecule is Cc1cccc(-c2cccc(-c3ccc4c(c3)c3ccccc3n4-c3ccc4c(c3)oc3ccccc34)c2)c1. The summed E-state index contributed by atoms with van der Waals surface area (Å²) in [6.07, 6.45) is 0. The molecule has 0 N–H and O–H groups in total. The van der Waals surface area contributed by atoms with Gasteiger partial charge in [-0.3, -0.25) is 0 Å². The number of aryl methyl sites for hydroxylation is 1. The zero-order valence-corrected chi connectivity index (χ0v) is 21.6. The number of nitrogens with zero attached hydrogens (tertiary/aromatic N) is 1. The average molecular weight is 500 g/mol. The Balaban J connectivity index is 1.31. The lowest BCUT2D eigenvalue weighted by atomic mass is 9.97. The van der Waals surface area contributed by atoms with Crippen molar-refractivity contribution < 1.29 is 4.42 Å². The largest absolute Gasteiger partial charge is 0.456 e. The van der Waals surface area contributed by atoms with E-state index in [0.717, 1.165) is 27.6 Å². The third-order valence-corrected chi connectivity index (χ3v) is 7.84. The third kappa shape index (κ3) is 3.49. The summed E-state index contributed by atoms with van der Waals surface area (Å²) in [5.74, 6) is 0. The van der Waals surface area contributed by atoms with Crippen molar-refractivity contribution in [3.05, 3.63) is 139 Å². The lowest BCUT2D eigenvalue weighted by molar-refractivity contribution is 0.668. The molecule has 8 rings (SSSR count). The summed E-state index contributed by atoms with van der Waals surface area (Å²) >= 11 is 0. The molecule has 2 aromatic heterocycles. The average Bonchev–Trinajstić information content (AvgIpc) is 3.52. The highest BCUT2D eigenvalue weighted by atomic mass is 16.3. The molecule has 2 heteroatoms. The normalized spacial score (nSPS) is 11.7. The van der Waals surface area contributed by atoms with E-state index in [4.69, 9.17) is 4.42 Å². The Morgan fingerprint density at radius 1 is 0.436 bits per heavy atom. The van der Waals surface area contributed by atoms with Gasteiger partial charge in [-0.15, -0.1) is 0 Å². The molecule has 8 aromatic rings. The van der Waals surface area contributed by atoms with Crippen molar-refractivity contribution >= 4 is 43.7 Å². The quantitative estimate of drug-likeness (QED) is 0.236. The first-order valence-corrected chi connectivity index (χ1v) is 13.4. The first-order valence-electron chi connectivity index (χ1n) is 13.4. The summed E-state index contributed by atoms with van der Waals surface area (Å²) in [7, 11) is 0. The number of rotatable bonds is 3. The minimum atomic E-state index is 0.907. The molecule has 0 radical (unpaired) electrons. The van der Waals surface area contributed by atoms with Crippen molar-refractivity contribution in [2.75, 3.05) is 0 Å². The number of para-hydroxylation sites is 2. The molecule has 0 spiro atoms. The fourth-order valence-corrected chi connectivity index (χ4v) is 5.99. The molecule has 0 saturated heterocycles. The van der Waals surface area contributed by atoms with Crippen LogP contribution in [-0.2, 0) is 0 Å². The zero-order chi connectivity index (χ0) is 25.9. The topological polar surface area (TPSA) is 18.1 Å². The molecule has 0 amide bonds. The Hall–Kier alpha value is -5.08. The monoisotopic (exact) mass is 499 g/mol. The van der Waals surface area contributed by atoms with Crippen LogP contribution in [0.4, 0.5) is 0 Å². The number of hydrogen-bond acceptors (Lipinski definition) is 1. The summed E-state index contributed by atoms with van der Waals surface area (Å²) in [5, 5.41) is 4.78. The van der Waals surface area contributed by atoms with E-state index in [2.05, 4.69) is 133 Å². The van der Waals surface area contributed by atoms with Crippen LogP contribution in [0.1, 0.15) is 5.56 Å². The summed E-state index contributed by atoms with van der Waals surface area (Å²) in [4.78, 5) is 0. The van der Waals surface area contributed by atoms with Crippen LogP contribution in [-0.4, -0.2) is 4.57 Å². The third-order valence-electron chi connectivity index (χ3n) is 7.84. The number of aromatic nitrogens is 1. The van der Waals surface area contributed by atoms with E-state index in [1.54, 1.807) is 0 Å². The van der Waals surface area contributed by atoms with Crippen LogP contribution < -0.4 is 0 Å². The fraction of sp³-hybridized carbons (Fsp3) is 0.0270. The number of benzene rings is 6. The molecule has 6 aromatic carbocycles. The predicted octanol–water partition coefficient (Wildman–Crippen LogP) is 10.3. The molecule has 0 aliphatic heterocycles. The van der Waals surface area contributed by atoms with Crippen molar-refractivity contribution in [3.63, 3.8) is 0 Å². The van der Waals surface area contributed by atoms with E-state index < -0.39 is 0 Å². The van der Waals surface area contributed by atoms with Crippen LogP contribution in [0.25, 0.3) is 71.7 Å². The molecule has 2 heterocycles. The smallest absolute Gasteiger partial charge is 0.137 e. The molecule has 0 saturated carbocycles. The molecule has 0 bridgehead atoms. The fourth-order valence-electron chi connectivity index (χ4n) is 5.99. The zero-order valence-electron chi connectivity index (χ0n) is 21.6.